The molecular weight excluding hydrogens is 401 g/mol. The Morgan fingerprint density at radius 2 is 2.00 bits per heavy atom. The van der Waals surface area contributed by atoms with Crippen molar-refractivity contribution < 1.29 is 14.0 Å². The van der Waals surface area contributed by atoms with Crippen LogP contribution in [0.4, 0.5) is 10.2 Å². The largest absolute Gasteiger partial charge is 0.337 e. The van der Waals surface area contributed by atoms with E-state index < -0.39 is 18.1 Å². The van der Waals surface area contributed by atoms with Crippen LogP contribution in [-0.4, -0.2) is 49.4 Å². The summed E-state index contributed by atoms with van der Waals surface area (Å²) in [5, 5.41) is 11.4. The van der Waals surface area contributed by atoms with Crippen LogP contribution in [0.3, 0.4) is 0 Å². The summed E-state index contributed by atoms with van der Waals surface area (Å²) in [6, 6.07) is 10.2. The summed E-state index contributed by atoms with van der Waals surface area (Å²) < 4.78 is 17.8. The predicted octanol–water partition coefficient (Wildman–Crippen LogP) is 1.95. The normalized spacial score (nSPS) is 22.7. The highest BCUT2D eigenvalue weighted by atomic mass is 19.1. The smallest absolute Gasteiger partial charge is 0.291 e. The Morgan fingerprint density at radius 1 is 1.23 bits per heavy atom. The zero-order valence-corrected chi connectivity index (χ0v) is 17.2. The molecular formula is C21H22FN7O2. The molecule has 0 saturated carbocycles. The number of anilines is 1. The molecule has 0 spiro atoms. The Morgan fingerprint density at radius 3 is 2.77 bits per heavy atom. The van der Waals surface area contributed by atoms with E-state index in [2.05, 4.69) is 20.5 Å². The number of hydrogen-bond acceptors (Lipinski definition) is 5. The molecule has 3 atom stereocenters. The number of carbonyl (C=O) groups is 2. The molecule has 10 heteroatoms. The van der Waals surface area contributed by atoms with Gasteiger partial charge in [0, 0.05) is 26.1 Å². The first-order valence-corrected chi connectivity index (χ1v) is 10.2. The molecule has 0 saturated heterocycles. The van der Waals surface area contributed by atoms with Crippen LogP contribution in [-0.2, 0) is 11.3 Å². The van der Waals surface area contributed by atoms with Crippen molar-refractivity contribution in [1.29, 1.82) is 0 Å². The number of amides is 2. The summed E-state index contributed by atoms with van der Waals surface area (Å²) >= 11 is 0. The van der Waals surface area contributed by atoms with Crippen molar-refractivity contribution >= 4 is 17.6 Å². The average Bonchev–Trinajstić information content (AvgIpc) is 3.43. The van der Waals surface area contributed by atoms with Crippen LogP contribution in [0, 0.1) is 6.92 Å². The zero-order valence-electron chi connectivity index (χ0n) is 17.2. The van der Waals surface area contributed by atoms with Crippen molar-refractivity contribution in [2.24, 2.45) is 0 Å². The first kappa shape index (κ1) is 19.4. The highest BCUT2D eigenvalue weighted by Crippen LogP contribution is 2.39. The fourth-order valence-corrected chi connectivity index (χ4v) is 4.27. The summed E-state index contributed by atoms with van der Waals surface area (Å²) in [6.07, 6.45) is -0.683. The molecule has 5 rings (SSSR count). The molecule has 4 heterocycles. The molecule has 2 aliphatic heterocycles. The standard InChI is InChI=1S/C21H22FN7O2/c1-12-10-17-27(2)21(31)15(8-9-28(17)25-12)23-20(30)18-24-19-14(22)11-16(29(19)26-18)13-6-4-3-5-7-13/h3-7,10,14-16H,8-9,11H2,1-2H3,(H,23,30)/t14-,15-,16+/m0/s1. The molecule has 160 valence electrons. The van der Waals surface area contributed by atoms with E-state index in [1.165, 1.54) is 9.58 Å². The molecule has 2 aliphatic rings. The quantitative estimate of drug-likeness (QED) is 0.694. The van der Waals surface area contributed by atoms with Crippen LogP contribution in [0.15, 0.2) is 36.4 Å². The van der Waals surface area contributed by atoms with Gasteiger partial charge < -0.3 is 5.32 Å². The minimum absolute atomic E-state index is 0.133. The van der Waals surface area contributed by atoms with Crippen molar-refractivity contribution in [2.75, 3.05) is 11.9 Å². The molecule has 2 aromatic heterocycles. The third-order valence-electron chi connectivity index (χ3n) is 5.84. The number of benzene rings is 1. The predicted molar refractivity (Wildman–Crippen MR) is 109 cm³/mol. The van der Waals surface area contributed by atoms with Gasteiger partial charge in [-0.25, -0.2) is 18.7 Å². The monoisotopic (exact) mass is 423 g/mol. The fourth-order valence-electron chi connectivity index (χ4n) is 4.27. The van der Waals surface area contributed by atoms with Crippen LogP contribution in [0.1, 0.15) is 52.8 Å². The Balaban J connectivity index is 1.36. The van der Waals surface area contributed by atoms with Crippen molar-refractivity contribution in [3.63, 3.8) is 0 Å². The Labute approximate surface area is 177 Å². The van der Waals surface area contributed by atoms with Gasteiger partial charge in [0.15, 0.2) is 12.0 Å². The van der Waals surface area contributed by atoms with E-state index in [0.717, 1.165) is 11.3 Å². The van der Waals surface area contributed by atoms with Crippen molar-refractivity contribution in [3.8, 4) is 0 Å². The maximum Gasteiger partial charge on any atom is 0.291 e. The van der Waals surface area contributed by atoms with Crippen molar-refractivity contribution in [1.82, 2.24) is 29.9 Å². The van der Waals surface area contributed by atoms with E-state index in [9.17, 15) is 14.0 Å². The van der Waals surface area contributed by atoms with Crippen LogP contribution in [0.5, 0.6) is 0 Å². The molecule has 2 amide bonds. The van der Waals surface area contributed by atoms with Crippen LogP contribution in [0.25, 0.3) is 0 Å². The number of rotatable bonds is 3. The van der Waals surface area contributed by atoms with Gasteiger partial charge in [0.05, 0.1) is 11.7 Å². The lowest BCUT2D eigenvalue weighted by Gasteiger charge is -2.20. The number of halogens is 1. The Hall–Kier alpha value is -3.56. The van der Waals surface area contributed by atoms with Gasteiger partial charge in [-0.05, 0) is 18.9 Å². The molecule has 0 radical (unpaired) electrons. The van der Waals surface area contributed by atoms with Gasteiger partial charge in [-0.15, -0.1) is 5.10 Å². The van der Waals surface area contributed by atoms with E-state index in [1.807, 2.05) is 43.3 Å². The third kappa shape index (κ3) is 3.28. The summed E-state index contributed by atoms with van der Waals surface area (Å²) in [5.74, 6) is -0.150. The van der Waals surface area contributed by atoms with E-state index in [1.54, 1.807) is 11.7 Å². The highest BCUT2D eigenvalue weighted by Gasteiger charge is 2.37. The first-order chi connectivity index (χ1) is 14.9. The van der Waals surface area contributed by atoms with Crippen molar-refractivity contribution in [3.05, 3.63) is 59.3 Å². The number of carbonyl (C=O) groups excluding carboxylic acids is 2. The molecule has 0 unspecified atom stereocenters. The van der Waals surface area contributed by atoms with Gasteiger partial charge in [0.25, 0.3) is 11.8 Å². The van der Waals surface area contributed by atoms with E-state index in [-0.39, 0.29) is 30.0 Å². The maximum atomic E-state index is 14.6. The Bertz CT molecular complexity index is 1160. The number of hydrogen-bond donors (Lipinski definition) is 1. The van der Waals surface area contributed by atoms with Gasteiger partial charge in [0.2, 0.25) is 5.82 Å². The Kier molecular flexibility index (Phi) is 4.57. The SMILES string of the molecule is Cc1cc2n(n1)CC[C@H](NC(=O)c1nc3n(n1)[C@@H](c1ccccc1)C[C@@H]3F)C(=O)N2C. The molecule has 0 fully saturated rings. The number of alkyl halides is 1. The molecule has 0 bridgehead atoms. The van der Waals surface area contributed by atoms with Crippen LogP contribution >= 0.6 is 0 Å². The molecule has 1 aromatic carbocycles. The number of nitrogens with zero attached hydrogens (tertiary/aromatic N) is 6. The second-order valence-corrected chi connectivity index (χ2v) is 7.95. The lowest BCUT2D eigenvalue weighted by atomic mass is 10.0. The van der Waals surface area contributed by atoms with Gasteiger partial charge in [-0.1, -0.05) is 30.3 Å². The summed E-state index contributed by atoms with van der Waals surface area (Å²) in [7, 11) is 1.65. The molecule has 1 N–H and O–H groups in total. The van der Waals surface area contributed by atoms with Crippen LogP contribution in [0.2, 0.25) is 0 Å². The fraction of sp³-hybridized carbons (Fsp3) is 0.381. The number of aromatic nitrogens is 5. The zero-order chi connectivity index (χ0) is 21.7. The summed E-state index contributed by atoms with van der Waals surface area (Å²) in [5.41, 5.74) is 1.73. The minimum atomic E-state index is -1.30. The summed E-state index contributed by atoms with van der Waals surface area (Å²) in [4.78, 5) is 31.3. The van der Waals surface area contributed by atoms with Crippen LogP contribution < -0.4 is 10.2 Å². The second-order valence-electron chi connectivity index (χ2n) is 7.95. The summed E-state index contributed by atoms with van der Waals surface area (Å²) in [6.45, 7) is 2.35. The van der Waals surface area contributed by atoms with Gasteiger partial charge in [0.1, 0.15) is 11.9 Å². The van der Waals surface area contributed by atoms with E-state index >= 15 is 0 Å². The third-order valence-corrected chi connectivity index (χ3v) is 5.84. The topological polar surface area (TPSA) is 97.9 Å². The van der Waals surface area contributed by atoms with Gasteiger partial charge in [-0.3, -0.25) is 14.5 Å². The molecule has 0 aliphatic carbocycles. The molecule has 31 heavy (non-hydrogen) atoms. The van der Waals surface area contributed by atoms with Crippen molar-refractivity contribution in [2.45, 2.75) is 44.6 Å². The highest BCUT2D eigenvalue weighted by molar-refractivity contribution is 6.00. The number of nitrogens with one attached hydrogen (secondary N) is 1. The van der Waals surface area contributed by atoms with Gasteiger partial charge in [-0.2, -0.15) is 5.10 Å². The number of fused-ring (bicyclic) bond motifs is 2. The first-order valence-electron chi connectivity index (χ1n) is 10.2. The lowest BCUT2D eigenvalue weighted by molar-refractivity contribution is -0.120. The minimum Gasteiger partial charge on any atom is -0.337 e. The van der Waals surface area contributed by atoms with Gasteiger partial charge >= 0.3 is 0 Å². The number of aryl methyl sites for hydroxylation is 2. The lowest BCUT2D eigenvalue weighted by Crippen LogP contribution is -2.47. The second kappa shape index (κ2) is 7.29. The van der Waals surface area contributed by atoms with E-state index in [4.69, 9.17) is 0 Å². The van der Waals surface area contributed by atoms with E-state index in [0.29, 0.717) is 18.8 Å². The molecule has 3 aromatic rings. The maximum absolute atomic E-state index is 14.6. The average molecular weight is 423 g/mol. The molecule has 9 nitrogen and oxygen atoms in total. The number of likely N-dealkylation sites (N-methyl/N-ethyl adjacent to an activating group) is 1.